The first-order valence-corrected chi connectivity index (χ1v) is 6.46. The van der Waals surface area contributed by atoms with Crippen molar-refractivity contribution in [3.63, 3.8) is 0 Å². The number of para-hydroxylation sites is 2. The van der Waals surface area contributed by atoms with Crippen LogP contribution in [0.5, 0.6) is 0 Å². The molecule has 0 atom stereocenters. The molecule has 2 nitrogen and oxygen atoms in total. The smallest absolute Gasteiger partial charge is 0.0688 e. The second kappa shape index (κ2) is 5.70. The molecule has 2 aromatic carbocycles. The lowest BCUT2D eigenvalue weighted by atomic mass is 10.1. The van der Waals surface area contributed by atoms with E-state index >= 15 is 0 Å². The molecule has 0 aromatic heterocycles. The van der Waals surface area contributed by atoms with Gasteiger partial charge in [-0.2, -0.15) is 0 Å². The molecule has 98 valence electrons. The molecule has 2 rings (SSSR count). The zero-order chi connectivity index (χ0) is 13.8. The number of aryl methyl sites for hydroxylation is 2. The van der Waals surface area contributed by atoms with E-state index in [4.69, 9.17) is 0 Å². The Morgan fingerprint density at radius 3 is 2.16 bits per heavy atom. The third-order valence-electron chi connectivity index (χ3n) is 3.19. The molecule has 0 aliphatic rings. The Hall–Kier alpha value is -2.09. The normalized spacial score (nSPS) is 10.9. The lowest BCUT2D eigenvalue weighted by Crippen LogP contribution is -2.10. The Labute approximate surface area is 115 Å². The van der Waals surface area contributed by atoms with Gasteiger partial charge in [-0.05, 0) is 31.0 Å². The van der Waals surface area contributed by atoms with Gasteiger partial charge in [0.15, 0.2) is 0 Å². The van der Waals surface area contributed by atoms with Gasteiger partial charge in [-0.15, -0.1) is 0 Å². The van der Waals surface area contributed by atoms with Gasteiger partial charge in [-0.25, -0.2) is 0 Å². The SMILES string of the molecule is Cc1cccc(C)c1N=Cc1ccccc1N(C)C. The fourth-order valence-electron chi connectivity index (χ4n) is 2.15. The monoisotopic (exact) mass is 252 g/mol. The largest absolute Gasteiger partial charge is 0.377 e. The summed E-state index contributed by atoms with van der Waals surface area (Å²) in [5.41, 5.74) is 5.79. The van der Waals surface area contributed by atoms with Crippen molar-refractivity contribution in [1.82, 2.24) is 0 Å². The molecule has 0 N–H and O–H groups in total. The molecule has 0 amide bonds. The predicted octanol–water partition coefficient (Wildman–Crippen LogP) is 4.12. The predicted molar refractivity (Wildman–Crippen MR) is 83.9 cm³/mol. The Bertz CT molecular complexity index is 578. The average Bonchev–Trinajstić information content (AvgIpc) is 2.38. The van der Waals surface area contributed by atoms with E-state index in [9.17, 15) is 0 Å². The molecule has 0 heterocycles. The summed E-state index contributed by atoms with van der Waals surface area (Å²) >= 11 is 0. The van der Waals surface area contributed by atoms with Gasteiger partial charge in [0.25, 0.3) is 0 Å². The summed E-state index contributed by atoms with van der Waals surface area (Å²) in [6.07, 6.45) is 1.95. The van der Waals surface area contributed by atoms with E-state index in [1.54, 1.807) is 0 Å². The summed E-state index contributed by atoms with van der Waals surface area (Å²) in [5.74, 6) is 0. The summed E-state index contributed by atoms with van der Waals surface area (Å²) < 4.78 is 0. The highest BCUT2D eigenvalue weighted by atomic mass is 15.1. The molecule has 0 saturated carbocycles. The molecule has 2 heteroatoms. The van der Waals surface area contributed by atoms with Gasteiger partial charge < -0.3 is 4.90 Å². The van der Waals surface area contributed by atoms with Crippen molar-refractivity contribution < 1.29 is 0 Å². The molecule has 0 bridgehead atoms. The van der Waals surface area contributed by atoms with E-state index in [1.807, 2.05) is 32.4 Å². The van der Waals surface area contributed by atoms with Crippen molar-refractivity contribution in [3.05, 3.63) is 59.2 Å². The topological polar surface area (TPSA) is 15.6 Å². The van der Waals surface area contributed by atoms with Crippen LogP contribution in [0.4, 0.5) is 11.4 Å². The molecular weight excluding hydrogens is 232 g/mol. The Morgan fingerprint density at radius 2 is 1.53 bits per heavy atom. The van der Waals surface area contributed by atoms with Crippen molar-refractivity contribution in [2.24, 2.45) is 4.99 Å². The minimum atomic E-state index is 1.07. The maximum Gasteiger partial charge on any atom is 0.0688 e. The van der Waals surface area contributed by atoms with Crippen molar-refractivity contribution in [2.75, 3.05) is 19.0 Å². The minimum Gasteiger partial charge on any atom is -0.377 e. The lowest BCUT2D eigenvalue weighted by molar-refractivity contribution is 1.13. The summed E-state index contributed by atoms with van der Waals surface area (Å²) in [5, 5.41) is 0. The molecule has 0 spiro atoms. The van der Waals surface area contributed by atoms with Crippen LogP contribution >= 0.6 is 0 Å². The first kappa shape index (κ1) is 13.3. The first-order valence-electron chi connectivity index (χ1n) is 6.46. The number of nitrogens with zero attached hydrogens (tertiary/aromatic N) is 2. The van der Waals surface area contributed by atoms with E-state index in [0.29, 0.717) is 0 Å². The highest BCUT2D eigenvalue weighted by Gasteiger charge is 2.02. The molecule has 19 heavy (non-hydrogen) atoms. The molecule has 0 unspecified atom stereocenters. The Morgan fingerprint density at radius 1 is 0.895 bits per heavy atom. The summed E-state index contributed by atoms with van der Waals surface area (Å²) in [7, 11) is 4.09. The highest BCUT2D eigenvalue weighted by Crippen LogP contribution is 2.24. The fourth-order valence-corrected chi connectivity index (χ4v) is 2.15. The van der Waals surface area contributed by atoms with Gasteiger partial charge >= 0.3 is 0 Å². The van der Waals surface area contributed by atoms with Gasteiger partial charge in [0.2, 0.25) is 0 Å². The number of benzene rings is 2. The van der Waals surface area contributed by atoms with Crippen molar-refractivity contribution >= 4 is 17.6 Å². The van der Waals surface area contributed by atoms with Gasteiger partial charge in [0, 0.05) is 31.6 Å². The van der Waals surface area contributed by atoms with Gasteiger partial charge in [0.1, 0.15) is 0 Å². The van der Waals surface area contributed by atoms with Crippen LogP contribution in [0.25, 0.3) is 0 Å². The summed E-state index contributed by atoms with van der Waals surface area (Å²) in [6, 6.07) is 14.5. The fraction of sp³-hybridized carbons (Fsp3) is 0.235. The average molecular weight is 252 g/mol. The van der Waals surface area contributed by atoms with Crippen LogP contribution in [-0.4, -0.2) is 20.3 Å². The zero-order valence-corrected chi connectivity index (χ0v) is 12.0. The van der Waals surface area contributed by atoms with Crippen molar-refractivity contribution in [1.29, 1.82) is 0 Å². The number of hydrogen-bond donors (Lipinski definition) is 0. The molecule has 0 radical (unpaired) electrons. The lowest BCUT2D eigenvalue weighted by Gasteiger charge is -2.15. The van der Waals surface area contributed by atoms with Crippen LogP contribution in [0.3, 0.4) is 0 Å². The van der Waals surface area contributed by atoms with Crippen LogP contribution in [0.1, 0.15) is 16.7 Å². The summed E-state index contributed by atoms with van der Waals surface area (Å²) in [4.78, 5) is 6.77. The van der Waals surface area contributed by atoms with Gasteiger partial charge in [-0.1, -0.05) is 36.4 Å². The quantitative estimate of drug-likeness (QED) is 0.750. The van der Waals surface area contributed by atoms with Crippen molar-refractivity contribution in [2.45, 2.75) is 13.8 Å². The number of anilines is 1. The molecule has 0 fully saturated rings. The molecule has 0 aliphatic carbocycles. The highest BCUT2D eigenvalue weighted by molar-refractivity contribution is 5.89. The summed E-state index contributed by atoms with van der Waals surface area (Å²) in [6.45, 7) is 4.19. The van der Waals surface area contributed by atoms with E-state index in [0.717, 1.165) is 11.3 Å². The standard InChI is InChI=1S/C17H20N2/c1-13-8-7-9-14(2)17(13)18-12-15-10-5-6-11-16(15)19(3)4/h5-12H,1-4H3. The maximum absolute atomic E-state index is 4.67. The van der Waals surface area contributed by atoms with Gasteiger partial charge in [0.05, 0.1) is 5.69 Å². The zero-order valence-electron chi connectivity index (χ0n) is 12.0. The third kappa shape index (κ3) is 3.02. The Balaban J connectivity index is 2.39. The van der Waals surface area contributed by atoms with Crippen LogP contribution in [0, 0.1) is 13.8 Å². The molecule has 2 aromatic rings. The van der Waals surface area contributed by atoms with Crippen LogP contribution < -0.4 is 4.90 Å². The number of hydrogen-bond acceptors (Lipinski definition) is 2. The second-order valence-corrected chi connectivity index (χ2v) is 4.95. The number of aliphatic imine (C=N–C) groups is 1. The molecular formula is C17H20N2. The number of rotatable bonds is 3. The molecule has 0 aliphatic heterocycles. The minimum absolute atomic E-state index is 1.07. The Kier molecular flexibility index (Phi) is 4.00. The second-order valence-electron chi connectivity index (χ2n) is 4.95. The first-order chi connectivity index (χ1) is 9.09. The van der Waals surface area contributed by atoms with Gasteiger partial charge in [-0.3, -0.25) is 4.99 Å². The van der Waals surface area contributed by atoms with Crippen molar-refractivity contribution in [3.8, 4) is 0 Å². The van der Waals surface area contributed by atoms with Crippen LogP contribution in [0.15, 0.2) is 47.5 Å². The van der Waals surface area contributed by atoms with E-state index in [-0.39, 0.29) is 0 Å². The molecule has 0 saturated heterocycles. The third-order valence-corrected chi connectivity index (χ3v) is 3.19. The maximum atomic E-state index is 4.67. The van der Waals surface area contributed by atoms with E-state index < -0.39 is 0 Å². The van der Waals surface area contributed by atoms with E-state index in [2.05, 4.69) is 54.1 Å². The van der Waals surface area contributed by atoms with Crippen LogP contribution in [-0.2, 0) is 0 Å². The van der Waals surface area contributed by atoms with Crippen LogP contribution in [0.2, 0.25) is 0 Å². The van der Waals surface area contributed by atoms with E-state index in [1.165, 1.54) is 16.8 Å².